The maximum atomic E-state index is 11.3. The van der Waals surface area contributed by atoms with Crippen molar-refractivity contribution in [1.29, 1.82) is 0 Å². The normalized spacial score (nSPS) is 10.2. The zero-order valence-corrected chi connectivity index (χ0v) is 9.29. The summed E-state index contributed by atoms with van der Waals surface area (Å²) in [6, 6.07) is 9.87. The second-order valence-electron chi connectivity index (χ2n) is 3.72. The quantitative estimate of drug-likeness (QED) is 0.637. The molecule has 0 atom stereocenters. The first-order valence-electron chi connectivity index (χ1n) is 5.20. The van der Waals surface area contributed by atoms with E-state index in [2.05, 4.69) is 5.32 Å². The number of nitro groups is 1. The van der Waals surface area contributed by atoms with Gasteiger partial charge in [-0.25, -0.2) is 0 Å². The van der Waals surface area contributed by atoms with Crippen molar-refractivity contribution in [2.45, 2.75) is 0 Å². The van der Waals surface area contributed by atoms with E-state index < -0.39 is 17.4 Å². The van der Waals surface area contributed by atoms with Gasteiger partial charge in [0.1, 0.15) is 5.75 Å². The summed E-state index contributed by atoms with van der Waals surface area (Å²) in [6.45, 7) is -0.783. The van der Waals surface area contributed by atoms with Crippen LogP contribution in [0.2, 0.25) is 0 Å². The second-order valence-corrected chi connectivity index (χ2v) is 3.72. The summed E-state index contributed by atoms with van der Waals surface area (Å²) in [7, 11) is 0. The molecule has 18 heavy (non-hydrogen) atoms. The highest BCUT2D eigenvalue weighted by atomic mass is 16.6. The maximum Gasteiger partial charge on any atom is 0.296 e. The van der Waals surface area contributed by atoms with Crippen LogP contribution in [-0.4, -0.2) is 22.5 Å². The molecule has 2 N–H and O–H groups in total. The summed E-state index contributed by atoms with van der Waals surface area (Å²) in [5, 5.41) is 23.5. The summed E-state index contributed by atoms with van der Waals surface area (Å²) in [5.74, 6) is -0.603. The molecule has 0 aromatic heterocycles. The molecule has 6 heteroatoms. The number of carbonyl (C=O) groups is 1. The van der Waals surface area contributed by atoms with Gasteiger partial charge in [0.2, 0.25) is 0 Å². The van der Waals surface area contributed by atoms with Gasteiger partial charge in [0.25, 0.3) is 12.5 Å². The average molecular weight is 246 g/mol. The van der Waals surface area contributed by atoms with Crippen LogP contribution < -0.4 is 5.32 Å². The minimum atomic E-state index is -0.783. The molecule has 0 saturated heterocycles. The highest BCUT2D eigenvalue weighted by Gasteiger charge is 2.11. The monoisotopic (exact) mass is 246 g/mol. The highest BCUT2D eigenvalue weighted by molar-refractivity contribution is 6.04. The van der Waals surface area contributed by atoms with E-state index in [-0.39, 0.29) is 5.75 Å². The van der Waals surface area contributed by atoms with E-state index in [1.807, 2.05) is 0 Å². The molecule has 0 radical (unpaired) electrons. The van der Waals surface area contributed by atoms with Crippen molar-refractivity contribution in [2.75, 3.05) is 11.9 Å². The number of benzene rings is 2. The third-order valence-electron chi connectivity index (χ3n) is 2.45. The van der Waals surface area contributed by atoms with Gasteiger partial charge in [-0.1, -0.05) is 24.3 Å². The van der Waals surface area contributed by atoms with E-state index in [9.17, 15) is 20.0 Å². The van der Waals surface area contributed by atoms with Crippen molar-refractivity contribution in [2.24, 2.45) is 0 Å². The molecule has 2 rings (SSSR count). The summed E-state index contributed by atoms with van der Waals surface area (Å²) in [4.78, 5) is 20.9. The molecule has 92 valence electrons. The Hall–Kier alpha value is -2.63. The minimum absolute atomic E-state index is 0.0953. The molecule has 0 spiro atoms. The first-order chi connectivity index (χ1) is 8.58. The van der Waals surface area contributed by atoms with Crippen LogP contribution in [0.25, 0.3) is 10.8 Å². The smallest absolute Gasteiger partial charge is 0.296 e. The first-order valence-corrected chi connectivity index (χ1v) is 5.20. The number of fused-ring (bicyclic) bond motifs is 1. The SMILES string of the molecule is O=C(C[N+](=O)[O-])Nc1cccc2c(O)cccc12. The zero-order valence-electron chi connectivity index (χ0n) is 9.29. The molecule has 0 heterocycles. The van der Waals surface area contributed by atoms with Crippen LogP contribution >= 0.6 is 0 Å². The number of carbonyl (C=O) groups excluding carboxylic acids is 1. The lowest BCUT2D eigenvalue weighted by Gasteiger charge is -2.07. The fraction of sp³-hybridized carbons (Fsp3) is 0.0833. The summed E-state index contributed by atoms with van der Waals surface area (Å²) in [6.07, 6.45) is 0. The predicted octanol–water partition coefficient (Wildman–Crippen LogP) is 1.76. The molecule has 0 aliphatic carbocycles. The summed E-state index contributed by atoms with van der Waals surface area (Å²) >= 11 is 0. The van der Waals surface area contributed by atoms with Gasteiger partial charge >= 0.3 is 0 Å². The Bertz CT molecular complexity index is 625. The number of nitrogens with one attached hydrogen (secondary N) is 1. The first kappa shape index (κ1) is 11.8. The number of phenolic OH excluding ortho intramolecular Hbond substituents is 1. The fourth-order valence-electron chi connectivity index (χ4n) is 1.71. The third kappa shape index (κ3) is 2.37. The molecule has 1 amide bonds. The van der Waals surface area contributed by atoms with Crippen LogP contribution in [0.1, 0.15) is 0 Å². The van der Waals surface area contributed by atoms with E-state index in [1.54, 1.807) is 30.3 Å². The lowest BCUT2D eigenvalue weighted by Crippen LogP contribution is -2.21. The van der Waals surface area contributed by atoms with Gasteiger partial charge in [0, 0.05) is 21.4 Å². The number of anilines is 1. The third-order valence-corrected chi connectivity index (χ3v) is 2.45. The van der Waals surface area contributed by atoms with E-state index in [1.165, 1.54) is 6.07 Å². The summed E-state index contributed by atoms with van der Waals surface area (Å²) in [5.41, 5.74) is 0.440. The largest absolute Gasteiger partial charge is 0.507 e. The van der Waals surface area contributed by atoms with Gasteiger partial charge in [-0.05, 0) is 12.1 Å². The number of hydrogen-bond donors (Lipinski definition) is 2. The van der Waals surface area contributed by atoms with E-state index in [0.29, 0.717) is 16.5 Å². The Morgan fingerprint density at radius 2 is 1.89 bits per heavy atom. The van der Waals surface area contributed by atoms with Crippen LogP contribution in [0.5, 0.6) is 5.75 Å². The molecule has 2 aromatic rings. The van der Waals surface area contributed by atoms with Crippen molar-refractivity contribution in [1.82, 2.24) is 0 Å². The number of phenols is 1. The topological polar surface area (TPSA) is 92.5 Å². The molecule has 0 aliphatic heterocycles. The van der Waals surface area contributed by atoms with Crippen LogP contribution in [0.4, 0.5) is 5.69 Å². The van der Waals surface area contributed by atoms with Crippen molar-refractivity contribution in [3.63, 3.8) is 0 Å². The van der Waals surface area contributed by atoms with Gasteiger partial charge in [-0.3, -0.25) is 14.9 Å². The van der Waals surface area contributed by atoms with Crippen molar-refractivity contribution in [3.8, 4) is 5.75 Å². The minimum Gasteiger partial charge on any atom is -0.507 e. The maximum absolute atomic E-state index is 11.3. The molecule has 0 bridgehead atoms. The Balaban J connectivity index is 2.37. The molecule has 6 nitrogen and oxygen atoms in total. The fourth-order valence-corrected chi connectivity index (χ4v) is 1.71. The van der Waals surface area contributed by atoms with E-state index in [4.69, 9.17) is 0 Å². The van der Waals surface area contributed by atoms with Crippen molar-refractivity contribution < 1.29 is 14.8 Å². The lowest BCUT2D eigenvalue weighted by atomic mass is 10.1. The van der Waals surface area contributed by atoms with E-state index >= 15 is 0 Å². The molecule has 0 fully saturated rings. The number of aromatic hydroxyl groups is 1. The number of amides is 1. The van der Waals surface area contributed by atoms with Crippen molar-refractivity contribution in [3.05, 3.63) is 46.5 Å². The number of hydrogen-bond acceptors (Lipinski definition) is 4. The van der Waals surface area contributed by atoms with Gasteiger partial charge in [0.15, 0.2) is 0 Å². The molecule has 0 aliphatic rings. The van der Waals surface area contributed by atoms with Gasteiger partial charge in [-0.15, -0.1) is 0 Å². The van der Waals surface area contributed by atoms with Gasteiger partial charge < -0.3 is 10.4 Å². The van der Waals surface area contributed by atoms with Crippen LogP contribution in [0.3, 0.4) is 0 Å². The van der Waals surface area contributed by atoms with Gasteiger partial charge in [0.05, 0.1) is 0 Å². The Morgan fingerprint density at radius 1 is 1.22 bits per heavy atom. The highest BCUT2D eigenvalue weighted by Crippen LogP contribution is 2.29. The average Bonchev–Trinajstić information content (AvgIpc) is 2.29. The Kier molecular flexibility index (Phi) is 3.09. The lowest BCUT2D eigenvalue weighted by molar-refractivity contribution is -0.467. The van der Waals surface area contributed by atoms with E-state index in [0.717, 1.165) is 0 Å². The zero-order chi connectivity index (χ0) is 13.1. The molecular weight excluding hydrogens is 236 g/mol. The van der Waals surface area contributed by atoms with Crippen molar-refractivity contribution >= 4 is 22.4 Å². The molecule has 0 unspecified atom stereocenters. The number of nitrogens with zero attached hydrogens (tertiary/aromatic N) is 1. The molecular formula is C12H10N2O4. The van der Waals surface area contributed by atoms with Crippen LogP contribution in [-0.2, 0) is 4.79 Å². The molecule has 2 aromatic carbocycles. The standard InChI is InChI=1S/C12H10N2O4/c15-11-6-2-3-8-9(11)4-1-5-10(8)13-12(16)7-14(17)18/h1-6,15H,7H2,(H,13,16). The Labute approximate surface area is 102 Å². The molecule has 0 saturated carbocycles. The van der Waals surface area contributed by atoms with Gasteiger partial charge in [-0.2, -0.15) is 0 Å². The number of rotatable bonds is 3. The predicted molar refractivity (Wildman–Crippen MR) is 66.1 cm³/mol. The van der Waals surface area contributed by atoms with Crippen LogP contribution in [0.15, 0.2) is 36.4 Å². The second kappa shape index (κ2) is 4.70. The Morgan fingerprint density at radius 3 is 2.61 bits per heavy atom. The summed E-state index contributed by atoms with van der Waals surface area (Å²) < 4.78 is 0. The van der Waals surface area contributed by atoms with Crippen LogP contribution in [0, 0.1) is 10.1 Å².